The molecule has 0 spiro atoms. The van der Waals surface area contributed by atoms with E-state index in [1.807, 2.05) is 17.2 Å². The molecule has 1 atom stereocenters. The largest absolute Gasteiger partial charge is 0.480 e. The Labute approximate surface area is 201 Å². The summed E-state index contributed by atoms with van der Waals surface area (Å²) in [5.74, 6) is 1.62. The Hall–Kier alpha value is -3.11. The zero-order valence-electron chi connectivity index (χ0n) is 19.5. The van der Waals surface area contributed by atoms with Crippen molar-refractivity contribution in [1.29, 1.82) is 0 Å². The molecule has 3 aromatic heterocycles. The number of fused-ring (bicyclic) bond motifs is 4. The van der Waals surface area contributed by atoms with Crippen molar-refractivity contribution in [3.63, 3.8) is 0 Å². The fourth-order valence-corrected chi connectivity index (χ4v) is 6.29. The minimum absolute atomic E-state index is 0.0494. The van der Waals surface area contributed by atoms with E-state index in [1.165, 1.54) is 10.4 Å². The summed E-state index contributed by atoms with van der Waals surface area (Å²) in [5, 5.41) is 4.49. The molecule has 9 nitrogen and oxygen atoms in total. The van der Waals surface area contributed by atoms with Crippen LogP contribution in [0.5, 0.6) is 5.88 Å². The van der Waals surface area contributed by atoms with Gasteiger partial charge in [-0.05, 0) is 45.0 Å². The van der Waals surface area contributed by atoms with E-state index in [4.69, 9.17) is 4.74 Å². The lowest BCUT2D eigenvalue weighted by Gasteiger charge is -2.44. The lowest BCUT2D eigenvalue weighted by Crippen LogP contribution is -2.60. The first kappa shape index (κ1) is 21.4. The van der Waals surface area contributed by atoms with Gasteiger partial charge in [0.15, 0.2) is 0 Å². The molecule has 0 aromatic carbocycles. The van der Waals surface area contributed by atoms with Crippen molar-refractivity contribution >= 4 is 45.2 Å². The number of amides is 1. The Morgan fingerprint density at radius 1 is 1.29 bits per heavy atom. The SMILES string of the molecule is COc1nc2c(cc1Nc1ncnc3sc4c(c13)CC[C@H](C(=O)N1CC(N(C)C)C1)C4)C=NC2. The van der Waals surface area contributed by atoms with E-state index < -0.39 is 0 Å². The highest BCUT2D eigenvalue weighted by Gasteiger charge is 2.37. The first-order valence-electron chi connectivity index (χ1n) is 11.6. The smallest absolute Gasteiger partial charge is 0.237 e. The molecule has 0 radical (unpaired) electrons. The second kappa shape index (κ2) is 8.28. The number of carbonyl (C=O) groups is 1. The number of pyridine rings is 1. The molecule has 1 aliphatic carbocycles. The molecule has 10 heteroatoms. The van der Waals surface area contributed by atoms with Crippen LogP contribution in [-0.4, -0.2) is 77.2 Å². The van der Waals surface area contributed by atoms with E-state index in [0.29, 0.717) is 24.4 Å². The molecule has 176 valence electrons. The van der Waals surface area contributed by atoms with Crippen molar-refractivity contribution in [2.24, 2.45) is 10.9 Å². The summed E-state index contributed by atoms with van der Waals surface area (Å²) in [6, 6.07) is 2.49. The monoisotopic (exact) mass is 477 g/mol. The summed E-state index contributed by atoms with van der Waals surface area (Å²) in [6.45, 7) is 2.25. The number of hydrogen-bond acceptors (Lipinski definition) is 9. The maximum atomic E-state index is 13.1. The molecule has 3 aromatic rings. The van der Waals surface area contributed by atoms with E-state index >= 15 is 0 Å². The summed E-state index contributed by atoms with van der Waals surface area (Å²) < 4.78 is 5.54. The van der Waals surface area contributed by atoms with Crippen LogP contribution in [0.4, 0.5) is 11.5 Å². The Bertz CT molecular complexity index is 1310. The number of likely N-dealkylation sites (N-methyl/N-ethyl adjacent to an activating group) is 1. The summed E-state index contributed by atoms with van der Waals surface area (Å²) in [6.07, 6.45) is 5.91. The molecular formula is C24H27N7O2S. The number of carbonyl (C=O) groups excluding carboxylic acids is 1. The molecule has 0 unspecified atom stereocenters. The van der Waals surface area contributed by atoms with Crippen LogP contribution in [0, 0.1) is 5.92 Å². The number of nitrogens with one attached hydrogen (secondary N) is 1. The lowest BCUT2D eigenvalue weighted by molar-refractivity contribution is -0.142. The third kappa shape index (κ3) is 3.52. The number of anilines is 2. The minimum Gasteiger partial charge on any atom is -0.480 e. The van der Waals surface area contributed by atoms with E-state index in [2.05, 4.69) is 44.3 Å². The highest BCUT2D eigenvalue weighted by atomic mass is 32.1. The number of rotatable bonds is 5. The number of methoxy groups -OCH3 is 1. The van der Waals surface area contributed by atoms with Gasteiger partial charge in [-0.2, -0.15) is 0 Å². The van der Waals surface area contributed by atoms with Crippen molar-refractivity contribution in [2.75, 3.05) is 39.6 Å². The highest BCUT2D eigenvalue weighted by Crippen LogP contribution is 2.41. The number of nitrogens with zero attached hydrogens (tertiary/aromatic N) is 6. The van der Waals surface area contributed by atoms with Crippen molar-refractivity contribution in [3.05, 3.63) is 34.1 Å². The number of hydrogen-bond donors (Lipinski definition) is 1. The van der Waals surface area contributed by atoms with Gasteiger partial charge in [-0.15, -0.1) is 11.3 Å². The molecule has 1 saturated heterocycles. The Morgan fingerprint density at radius 2 is 2.15 bits per heavy atom. The number of thiophene rings is 1. The van der Waals surface area contributed by atoms with Gasteiger partial charge < -0.3 is 19.9 Å². The maximum absolute atomic E-state index is 13.1. The summed E-state index contributed by atoms with van der Waals surface area (Å²) >= 11 is 1.68. The molecule has 0 bridgehead atoms. The second-order valence-electron chi connectivity index (χ2n) is 9.38. The minimum atomic E-state index is 0.0494. The van der Waals surface area contributed by atoms with Gasteiger partial charge in [-0.1, -0.05) is 0 Å². The molecule has 5 heterocycles. The average molecular weight is 478 g/mol. The van der Waals surface area contributed by atoms with Crippen LogP contribution in [0.15, 0.2) is 17.4 Å². The van der Waals surface area contributed by atoms with Crippen molar-refractivity contribution in [2.45, 2.75) is 31.8 Å². The number of ether oxygens (including phenoxy) is 1. The fraction of sp³-hybridized carbons (Fsp3) is 0.458. The summed E-state index contributed by atoms with van der Waals surface area (Å²) in [7, 11) is 5.77. The molecule has 0 saturated carbocycles. The van der Waals surface area contributed by atoms with E-state index in [1.54, 1.807) is 24.8 Å². The summed E-state index contributed by atoms with van der Waals surface area (Å²) in [4.78, 5) is 37.5. The van der Waals surface area contributed by atoms with Crippen LogP contribution in [0.25, 0.3) is 10.2 Å². The van der Waals surface area contributed by atoms with Gasteiger partial charge in [0.05, 0.1) is 24.7 Å². The van der Waals surface area contributed by atoms with Crippen LogP contribution < -0.4 is 10.1 Å². The topological polar surface area (TPSA) is 95.8 Å². The van der Waals surface area contributed by atoms with Gasteiger partial charge in [0.1, 0.15) is 22.7 Å². The zero-order valence-corrected chi connectivity index (χ0v) is 20.4. The molecule has 34 heavy (non-hydrogen) atoms. The number of aryl methyl sites for hydroxylation is 1. The van der Waals surface area contributed by atoms with Crippen LogP contribution in [-0.2, 0) is 24.2 Å². The predicted molar refractivity (Wildman–Crippen MR) is 132 cm³/mol. The van der Waals surface area contributed by atoms with Crippen LogP contribution in [0.3, 0.4) is 0 Å². The zero-order chi connectivity index (χ0) is 23.4. The van der Waals surface area contributed by atoms with Gasteiger partial charge in [0.25, 0.3) is 0 Å². The molecule has 1 fully saturated rings. The molecule has 3 aliphatic rings. The lowest BCUT2D eigenvalue weighted by atomic mass is 9.86. The number of aromatic nitrogens is 3. The maximum Gasteiger partial charge on any atom is 0.237 e. The van der Waals surface area contributed by atoms with Crippen molar-refractivity contribution < 1.29 is 9.53 Å². The summed E-state index contributed by atoms with van der Waals surface area (Å²) in [5.41, 5.74) is 3.92. The highest BCUT2D eigenvalue weighted by molar-refractivity contribution is 7.19. The molecular weight excluding hydrogens is 450 g/mol. The number of aliphatic imine (C=N–C) groups is 1. The van der Waals surface area contributed by atoms with Crippen LogP contribution in [0.2, 0.25) is 0 Å². The molecule has 2 aliphatic heterocycles. The quantitative estimate of drug-likeness (QED) is 0.604. The Morgan fingerprint density at radius 3 is 2.94 bits per heavy atom. The van der Waals surface area contributed by atoms with Crippen molar-refractivity contribution in [3.8, 4) is 5.88 Å². The average Bonchev–Trinajstić information content (AvgIpc) is 3.40. The standard InChI is InChI=1S/C24H27N7O2S/c1-30(2)15-10-31(11-15)24(32)13-4-5-16-19(7-13)34-23-20(16)21(26-12-27-23)28-17-6-14-8-25-9-18(14)29-22(17)33-3/h6,8,12-13,15H,4-5,7,9-11H2,1-3H3,(H,26,27,28)/t13-/m0/s1. The van der Waals surface area contributed by atoms with E-state index in [9.17, 15) is 4.79 Å². The molecule has 6 rings (SSSR count). The fourth-order valence-electron chi connectivity index (χ4n) is 5.03. The van der Waals surface area contributed by atoms with E-state index in [0.717, 1.165) is 65.3 Å². The second-order valence-corrected chi connectivity index (χ2v) is 10.5. The Balaban J connectivity index is 1.27. The van der Waals surface area contributed by atoms with Crippen LogP contribution in [0.1, 0.15) is 28.1 Å². The van der Waals surface area contributed by atoms with Gasteiger partial charge in [0, 0.05) is 41.7 Å². The Kier molecular flexibility index (Phi) is 5.22. The normalized spacial score (nSPS) is 19.3. The van der Waals surface area contributed by atoms with Crippen LogP contribution >= 0.6 is 11.3 Å². The third-order valence-corrected chi connectivity index (χ3v) is 8.28. The third-order valence-electron chi connectivity index (χ3n) is 7.12. The van der Waals surface area contributed by atoms with Gasteiger partial charge >= 0.3 is 0 Å². The molecule has 1 amide bonds. The molecule has 1 N–H and O–H groups in total. The number of likely N-dealkylation sites (tertiary alicyclic amines) is 1. The van der Waals surface area contributed by atoms with Gasteiger partial charge in [-0.25, -0.2) is 15.0 Å². The van der Waals surface area contributed by atoms with Crippen molar-refractivity contribution in [1.82, 2.24) is 24.8 Å². The van der Waals surface area contributed by atoms with Gasteiger partial charge in [0.2, 0.25) is 11.8 Å². The predicted octanol–water partition coefficient (Wildman–Crippen LogP) is 2.65. The first-order chi connectivity index (χ1) is 16.5. The van der Waals surface area contributed by atoms with E-state index in [-0.39, 0.29) is 5.92 Å². The first-order valence-corrected chi connectivity index (χ1v) is 12.4. The van der Waals surface area contributed by atoms with Gasteiger partial charge in [-0.3, -0.25) is 9.79 Å².